The fourth-order valence-corrected chi connectivity index (χ4v) is 1.80. The standard InChI is InChI=1S/C13H15BN2/c1-10-5-3-8-16-14-9-12-6-4-7-15-13(12)11(10)2/h3-8,14H,9H2,1-2H3/b5-3-,11-10+,16-8+. The molecule has 0 aliphatic carbocycles. The Morgan fingerprint density at radius 2 is 2.19 bits per heavy atom. The van der Waals surface area contributed by atoms with Crippen LogP contribution in [0.15, 0.2) is 41.0 Å². The van der Waals surface area contributed by atoms with Crippen LogP contribution in [0.5, 0.6) is 0 Å². The van der Waals surface area contributed by atoms with E-state index in [1.165, 1.54) is 16.7 Å². The molecule has 0 atom stereocenters. The molecule has 0 spiro atoms. The summed E-state index contributed by atoms with van der Waals surface area (Å²) in [4.78, 5) is 8.81. The molecule has 0 N–H and O–H groups in total. The lowest BCUT2D eigenvalue weighted by Crippen LogP contribution is -2.02. The zero-order valence-electron chi connectivity index (χ0n) is 9.77. The van der Waals surface area contributed by atoms with E-state index in [2.05, 4.69) is 35.9 Å². The molecule has 1 aromatic rings. The molecule has 16 heavy (non-hydrogen) atoms. The van der Waals surface area contributed by atoms with Gasteiger partial charge >= 0.3 is 0 Å². The third kappa shape index (κ3) is 2.30. The van der Waals surface area contributed by atoms with Gasteiger partial charge in [-0.2, -0.15) is 0 Å². The van der Waals surface area contributed by atoms with E-state index in [4.69, 9.17) is 0 Å². The van der Waals surface area contributed by atoms with Crippen LogP contribution in [0.4, 0.5) is 0 Å². The third-order valence-electron chi connectivity index (χ3n) is 2.89. The molecule has 1 aromatic heterocycles. The average molecular weight is 210 g/mol. The number of aromatic nitrogens is 1. The quantitative estimate of drug-likeness (QED) is 0.603. The molecular weight excluding hydrogens is 195 g/mol. The van der Waals surface area contributed by atoms with Crippen molar-refractivity contribution >= 4 is 19.2 Å². The van der Waals surface area contributed by atoms with E-state index in [1.807, 2.05) is 24.6 Å². The van der Waals surface area contributed by atoms with Crippen molar-refractivity contribution in [3.05, 3.63) is 47.3 Å². The lowest BCUT2D eigenvalue weighted by molar-refractivity contribution is 1.18. The molecule has 80 valence electrons. The number of hydrogen-bond acceptors (Lipinski definition) is 2. The maximum atomic E-state index is 4.48. The average Bonchev–Trinajstić information content (AvgIpc) is 2.32. The highest BCUT2D eigenvalue weighted by molar-refractivity contribution is 6.34. The molecule has 1 aliphatic rings. The van der Waals surface area contributed by atoms with E-state index >= 15 is 0 Å². The number of rotatable bonds is 0. The maximum absolute atomic E-state index is 4.48. The van der Waals surface area contributed by atoms with Crippen molar-refractivity contribution in [3.8, 4) is 0 Å². The van der Waals surface area contributed by atoms with E-state index in [-0.39, 0.29) is 0 Å². The second-order valence-electron chi connectivity index (χ2n) is 3.98. The number of pyridine rings is 1. The highest BCUT2D eigenvalue weighted by atomic mass is 14.7. The van der Waals surface area contributed by atoms with Crippen molar-refractivity contribution < 1.29 is 0 Å². The van der Waals surface area contributed by atoms with Crippen LogP contribution >= 0.6 is 0 Å². The first-order valence-electron chi connectivity index (χ1n) is 5.57. The summed E-state index contributed by atoms with van der Waals surface area (Å²) in [7, 11) is 0.829. The number of nitrogens with zero attached hydrogens (tertiary/aromatic N) is 2. The van der Waals surface area contributed by atoms with Crippen LogP contribution < -0.4 is 0 Å². The summed E-state index contributed by atoms with van der Waals surface area (Å²) in [5, 5.41) is 0. The van der Waals surface area contributed by atoms with Gasteiger partial charge in [0.1, 0.15) is 0 Å². The van der Waals surface area contributed by atoms with Crippen LogP contribution in [0.25, 0.3) is 5.57 Å². The van der Waals surface area contributed by atoms with Crippen molar-refractivity contribution in [2.24, 2.45) is 4.90 Å². The molecule has 0 radical (unpaired) electrons. The zero-order chi connectivity index (χ0) is 11.4. The molecule has 0 saturated heterocycles. The molecule has 0 amide bonds. The summed E-state index contributed by atoms with van der Waals surface area (Å²) >= 11 is 0. The molecule has 0 bridgehead atoms. The molecule has 0 saturated carbocycles. The Morgan fingerprint density at radius 3 is 3.06 bits per heavy atom. The lowest BCUT2D eigenvalue weighted by atomic mass is 9.83. The summed E-state index contributed by atoms with van der Waals surface area (Å²) in [6, 6.07) is 4.13. The lowest BCUT2D eigenvalue weighted by Gasteiger charge is -2.10. The smallest absolute Gasteiger partial charge is 0.266 e. The second kappa shape index (κ2) is 4.93. The Labute approximate surface area is 97.1 Å². The van der Waals surface area contributed by atoms with Gasteiger partial charge in [0.05, 0.1) is 5.69 Å². The van der Waals surface area contributed by atoms with Crippen molar-refractivity contribution in [1.29, 1.82) is 0 Å². The number of fused-ring (bicyclic) bond motifs is 1. The Morgan fingerprint density at radius 1 is 1.31 bits per heavy atom. The third-order valence-corrected chi connectivity index (χ3v) is 2.89. The van der Waals surface area contributed by atoms with Gasteiger partial charge in [-0.25, -0.2) is 0 Å². The van der Waals surface area contributed by atoms with Gasteiger partial charge in [-0.1, -0.05) is 12.1 Å². The Hall–Kier alpha value is -1.64. The largest absolute Gasteiger partial charge is 0.353 e. The molecule has 2 rings (SSSR count). The van der Waals surface area contributed by atoms with Crippen LogP contribution in [0.3, 0.4) is 0 Å². The predicted octanol–water partition coefficient (Wildman–Crippen LogP) is 2.37. The highest BCUT2D eigenvalue weighted by Gasteiger charge is 2.07. The molecule has 1 aliphatic heterocycles. The molecule has 0 unspecified atom stereocenters. The van der Waals surface area contributed by atoms with Crippen molar-refractivity contribution in [3.63, 3.8) is 0 Å². The van der Waals surface area contributed by atoms with Gasteiger partial charge in [0.2, 0.25) is 0 Å². The molecular formula is C13H15BN2. The number of hydrogen-bond donors (Lipinski definition) is 0. The van der Waals surface area contributed by atoms with Crippen molar-refractivity contribution in [2.45, 2.75) is 20.2 Å². The fourth-order valence-electron chi connectivity index (χ4n) is 1.80. The summed E-state index contributed by atoms with van der Waals surface area (Å²) in [5.74, 6) is 0. The Kier molecular flexibility index (Phi) is 3.35. The molecule has 0 fully saturated rings. The first kappa shape index (κ1) is 10.9. The van der Waals surface area contributed by atoms with Crippen molar-refractivity contribution in [1.82, 2.24) is 4.98 Å². The second-order valence-corrected chi connectivity index (χ2v) is 3.98. The van der Waals surface area contributed by atoms with Crippen molar-refractivity contribution in [2.75, 3.05) is 0 Å². The van der Waals surface area contributed by atoms with Gasteiger partial charge in [0.15, 0.2) is 0 Å². The molecule has 2 heterocycles. The summed E-state index contributed by atoms with van der Waals surface area (Å²) in [5.41, 5.74) is 4.89. The minimum Gasteiger partial charge on any atom is -0.353 e. The van der Waals surface area contributed by atoms with Gasteiger partial charge in [-0.05, 0) is 49.0 Å². The number of allylic oxidation sites excluding steroid dienone is 4. The minimum absolute atomic E-state index is 0.829. The van der Waals surface area contributed by atoms with E-state index in [1.54, 1.807) is 0 Å². The van der Waals surface area contributed by atoms with Crippen LogP contribution in [0.2, 0.25) is 0 Å². The summed E-state index contributed by atoms with van der Waals surface area (Å²) in [6.07, 6.45) is 8.76. The predicted molar refractivity (Wildman–Crippen MR) is 71.0 cm³/mol. The van der Waals surface area contributed by atoms with Crippen LogP contribution in [0, 0.1) is 0 Å². The van der Waals surface area contributed by atoms with Gasteiger partial charge in [0, 0.05) is 12.4 Å². The first-order valence-corrected chi connectivity index (χ1v) is 5.57. The van der Waals surface area contributed by atoms with Crippen LogP contribution in [0.1, 0.15) is 25.1 Å². The molecule has 2 nitrogen and oxygen atoms in total. The minimum atomic E-state index is 0.829. The van der Waals surface area contributed by atoms with E-state index in [0.29, 0.717) is 0 Å². The van der Waals surface area contributed by atoms with Crippen LogP contribution in [-0.2, 0) is 6.32 Å². The van der Waals surface area contributed by atoms with E-state index < -0.39 is 0 Å². The first-order chi connectivity index (χ1) is 7.79. The van der Waals surface area contributed by atoms with Gasteiger partial charge in [-0.3, -0.25) is 4.98 Å². The monoisotopic (exact) mass is 210 g/mol. The Bertz CT molecular complexity index is 473. The maximum Gasteiger partial charge on any atom is 0.266 e. The van der Waals surface area contributed by atoms with Crippen LogP contribution in [-0.4, -0.2) is 18.6 Å². The summed E-state index contributed by atoms with van der Waals surface area (Å²) in [6.45, 7) is 4.24. The highest BCUT2D eigenvalue weighted by Crippen LogP contribution is 2.21. The fraction of sp³-hybridized carbons (Fsp3) is 0.231. The topological polar surface area (TPSA) is 25.2 Å². The van der Waals surface area contributed by atoms with E-state index in [0.717, 1.165) is 19.4 Å². The van der Waals surface area contributed by atoms with Gasteiger partial charge in [-0.15, -0.1) is 0 Å². The van der Waals surface area contributed by atoms with Gasteiger partial charge in [0.25, 0.3) is 7.41 Å². The normalized spacial score (nSPS) is 24.1. The zero-order valence-corrected chi connectivity index (χ0v) is 9.77. The molecule has 3 heteroatoms. The summed E-state index contributed by atoms with van der Waals surface area (Å²) < 4.78 is 0. The van der Waals surface area contributed by atoms with Gasteiger partial charge < -0.3 is 4.90 Å². The van der Waals surface area contributed by atoms with E-state index in [9.17, 15) is 0 Å². The Balaban J connectivity index is 2.54. The SMILES string of the molecule is CC1=C(/C)c2ncccc2CB/N=C/C=C\1. The molecule has 0 aromatic carbocycles.